The molecule has 0 radical (unpaired) electrons. The van der Waals surface area contributed by atoms with Crippen molar-refractivity contribution >= 4 is 22.6 Å². The Morgan fingerprint density at radius 1 is 1.35 bits per heavy atom. The monoisotopic (exact) mass is 311 g/mol. The lowest BCUT2D eigenvalue weighted by Gasteiger charge is -2.09. The largest absolute Gasteiger partial charge is 0.478 e. The Labute approximate surface area is 133 Å². The molecule has 0 saturated heterocycles. The first-order valence-electron chi connectivity index (χ1n) is 7.35. The second-order valence-electron chi connectivity index (χ2n) is 5.18. The van der Waals surface area contributed by atoms with E-state index in [0.29, 0.717) is 18.8 Å². The van der Waals surface area contributed by atoms with Gasteiger partial charge in [0.1, 0.15) is 5.69 Å². The zero-order valence-corrected chi connectivity index (χ0v) is 12.9. The van der Waals surface area contributed by atoms with Crippen molar-refractivity contribution in [3.63, 3.8) is 0 Å². The molecule has 3 aromatic rings. The molecule has 23 heavy (non-hydrogen) atoms. The number of aryl methyl sites for hydroxylation is 2. The number of nitrogens with zero attached hydrogens (tertiary/aromatic N) is 4. The summed E-state index contributed by atoms with van der Waals surface area (Å²) in [5.74, 6) is -0.966. The zero-order chi connectivity index (χ0) is 16.4. The highest BCUT2D eigenvalue weighted by Gasteiger charge is 2.11. The minimum Gasteiger partial charge on any atom is -0.478 e. The summed E-state index contributed by atoms with van der Waals surface area (Å²) in [4.78, 5) is 17.3. The molecular weight excluding hydrogens is 294 g/mol. The van der Waals surface area contributed by atoms with Crippen LogP contribution in [-0.2, 0) is 13.1 Å². The van der Waals surface area contributed by atoms with E-state index in [2.05, 4.69) is 20.5 Å². The molecule has 0 amide bonds. The molecule has 7 nitrogen and oxygen atoms in total. The Kier molecular flexibility index (Phi) is 3.92. The van der Waals surface area contributed by atoms with E-state index in [4.69, 9.17) is 0 Å². The van der Waals surface area contributed by atoms with Crippen LogP contribution < -0.4 is 5.32 Å². The van der Waals surface area contributed by atoms with Gasteiger partial charge in [0.25, 0.3) is 0 Å². The Morgan fingerprint density at radius 2 is 2.17 bits per heavy atom. The number of pyridine rings is 1. The fraction of sp³-hybridized carbons (Fsp3) is 0.250. The first-order valence-corrected chi connectivity index (χ1v) is 7.35. The number of fused-ring (bicyclic) bond motifs is 1. The maximum absolute atomic E-state index is 11.3. The molecule has 3 rings (SSSR count). The van der Waals surface area contributed by atoms with Crippen molar-refractivity contribution in [1.29, 1.82) is 0 Å². The molecule has 0 saturated carbocycles. The number of nitrogens with one attached hydrogen (secondary N) is 1. The maximum Gasteiger partial charge on any atom is 0.335 e. The van der Waals surface area contributed by atoms with Crippen molar-refractivity contribution in [2.75, 3.05) is 5.32 Å². The summed E-state index contributed by atoms with van der Waals surface area (Å²) in [6, 6.07) is 6.85. The summed E-state index contributed by atoms with van der Waals surface area (Å²) in [6.07, 6.45) is 1.69. The van der Waals surface area contributed by atoms with Crippen molar-refractivity contribution in [2.24, 2.45) is 0 Å². The van der Waals surface area contributed by atoms with Gasteiger partial charge in [0.15, 0.2) is 0 Å². The molecule has 2 heterocycles. The van der Waals surface area contributed by atoms with Crippen LogP contribution in [0.15, 0.2) is 30.5 Å². The van der Waals surface area contributed by atoms with Crippen LogP contribution >= 0.6 is 0 Å². The summed E-state index contributed by atoms with van der Waals surface area (Å²) < 4.78 is 0. The van der Waals surface area contributed by atoms with Crippen LogP contribution in [0.25, 0.3) is 10.9 Å². The van der Waals surface area contributed by atoms with Gasteiger partial charge in [-0.1, -0.05) is 6.07 Å². The number of hydrogen-bond donors (Lipinski definition) is 2. The lowest BCUT2D eigenvalue weighted by atomic mass is 10.1. The summed E-state index contributed by atoms with van der Waals surface area (Å²) in [7, 11) is 0. The molecule has 0 unspecified atom stereocenters. The lowest BCUT2D eigenvalue weighted by Crippen LogP contribution is -2.06. The maximum atomic E-state index is 11.3. The van der Waals surface area contributed by atoms with Crippen molar-refractivity contribution < 1.29 is 9.90 Å². The average molecular weight is 311 g/mol. The SMILES string of the molecule is CCn1nc(C)c(CNc2cc(C(=O)O)cc3cccnc23)n1. The summed E-state index contributed by atoms with van der Waals surface area (Å²) in [5.41, 5.74) is 3.31. The normalized spacial score (nSPS) is 10.9. The van der Waals surface area contributed by atoms with Gasteiger partial charge in [0, 0.05) is 11.6 Å². The smallest absolute Gasteiger partial charge is 0.335 e. The molecule has 0 atom stereocenters. The van der Waals surface area contributed by atoms with Gasteiger partial charge in [-0.05, 0) is 32.0 Å². The van der Waals surface area contributed by atoms with Crippen LogP contribution in [0.3, 0.4) is 0 Å². The van der Waals surface area contributed by atoms with Gasteiger partial charge in [-0.3, -0.25) is 4.98 Å². The number of anilines is 1. The highest BCUT2D eigenvalue weighted by atomic mass is 16.4. The highest BCUT2D eigenvalue weighted by molar-refractivity contribution is 5.99. The number of carbonyl (C=O) groups is 1. The van der Waals surface area contributed by atoms with Gasteiger partial charge in [-0.15, -0.1) is 0 Å². The Balaban J connectivity index is 1.95. The Bertz CT molecular complexity index is 872. The number of aromatic nitrogens is 4. The zero-order valence-electron chi connectivity index (χ0n) is 12.9. The summed E-state index contributed by atoms with van der Waals surface area (Å²) in [5, 5.41) is 22.0. The standard InChI is InChI=1S/C16H17N5O2/c1-3-21-19-10(2)14(20-21)9-18-13-8-12(16(22)23)7-11-5-4-6-17-15(11)13/h4-8,18H,3,9H2,1-2H3,(H,22,23). The molecular formula is C16H17N5O2. The molecule has 0 fully saturated rings. The summed E-state index contributed by atoms with van der Waals surface area (Å²) >= 11 is 0. The molecule has 0 spiro atoms. The number of aromatic carboxylic acids is 1. The second-order valence-corrected chi connectivity index (χ2v) is 5.18. The molecule has 2 N–H and O–H groups in total. The first-order chi connectivity index (χ1) is 11.1. The number of hydrogen-bond acceptors (Lipinski definition) is 5. The number of benzene rings is 1. The third-order valence-electron chi connectivity index (χ3n) is 3.60. The van der Waals surface area contributed by atoms with Crippen LogP contribution in [0.4, 0.5) is 5.69 Å². The number of rotatable bonds is 5. The predicted octanol–water partition coefficient (Wildman–Crippen LogP) is 2.46. The van der Waals surface area contributed by atoms with Gasteiger partial charge in [-0.25, -0.2) is 4.79 Å². The third-order valence-corrected chi connectivity index (χ3v) is 3.60. The quantitative estimate of drug-likeness (QED) is 0.752. The second kappa shape index (κ2) is 6.04. The van der Waals surface area contributed by atoms with E-state index < -0.39 is 5.97 Å². The highest BCUT2D eigenvalue weighted by Crippen LogP contribution is 2.24. The van der Waals surface area contributed by atoms with Crippen LogP contribution in [-0.4, -0.2) is 31.1 Å². The van der Waals surface area contributed by atoms with Crippen molar-refractivity contribution in [3.8, 4) is 0 Å². The Hall–Kier alpha value is -2.96. The van der Waals surface area contributed by atoms with E-state index in [1.807, 2.05) is 19.9 Å². The van der Waals surface area contributed by atoms with Crippen LogP contribution in [0.5, 0.6) is 0 Å². The molecule has 2 aromatic heterocycles. The van der Waals surface area contributed by atoms with Crippen molar-refractivity contribution in [1.82, 2.24) is 20.0 Å². The molecule has 118 valence electrons. The lowest BCUT2D eigenvalue weighted by molar-refractivity contribution is 0.0697. The van der Waals surface area contributed by atoms with Crippen molar-refractivity contribution in [3.05, 3.63) is 47.4 Å². The molecule has 7 heteroatoms. The van der Waals surface area contributed by atoms with Gasteiger partial charge >= 0.3 is 5.97 Å². The van der Waals surface area contributed by atoms with Crippen molar-refractivity contribution in [2.45, 2.75) is 26.9 Å². The minimum absolute atomic E-state index is 0.224. The summed E-state index contributed by atoms with van der Waals surface area (Å²) in [6.45, 7) is 5.05. The Morgan fingerprint density at radius 3 is 2.87 bits per heavy atom. The van der Waals surface area contributed by atoms with E-state index in [1.54, 1.807) is 29.2 Å². The van der Waals surface area contributed by atoms with E-state index in [0.717, 1.165) is 22.3 Å². The van der Waals surface area contributed by atoms with Gasteiger partial charge < -0.3 is 10.4 Å². The van der Waals surface area contributed by atoms with Gasteiger partial charge in [0.2, 0.25) is 0 Å². The number of carboxylic acid groups (broad SMARTS) is 1. The van der Waals surface area contributed by atoms with Crippen LogP contribution in [0.2, 0.25) is 0 Å². The topological polar surface area (TPSA) is 92.9 Å². The molecule has 0 bridgehead atoms. The predicted molar refractivity (Wildman–Crippen MR) is 86.5 cm³/mol. The van der Waals surface area contributed by atoms with E-state index >= 15 is 0 Å². The van der Waals surface area contributed by atoms with E-state index in [1.165, 1.54) is 0 Å². The van der Waals surface area contributed by atoms with Crippen LogP contribution in [0, 0.1) is 6.92 Å². The minimum atomic E-state index is -0.966. The van der Waals surface area contributed by atoms with Gasteiger partial charge in [0.05, 0.1) is 35.6 Å². The average Bonchev–Trinajstić information content (AvgIpc) is 2.92. The van der Waals surface area contributed by atoms with E-state index in [-0.39, 0.29) is 5.56 Å². The fourth-order valence-corrected chi connectivity index (χ4v) is 2.40. The van der Waals surface area contributed by atoms with Crippen LogP contribution in [0.1, 0.15) is 28.7 Å². The van der Waals surface area contributed by atoms with E-state index in [9.17, 15) is 9.90 Å². The molecule has 0 aliphatic carbocycles. The molecule has 1 aromatic carbocycles. The molecule has 0 aliphatic heterocycles. The molecule has 0 aliphatic rings. The number of carboxylic acids is 1. The van der Waals surface area contributed by atoms with Gasteiger partial charge in [-0.2, -0.15) is 15.0 Å². The third kappa shape index (κ3) is 2.98. The first kappa shape index (κ1) is 15.0. The fourth-order valence-electron chi connectivity index (χ4n) is 2.40.